The quantitative estimate of drug-likeness (QED) is 0.888. The highest BCUT2D eigenvalue weighted by Crippen LogP contribution is 2.27. The van der Waals surface area contributed by atoms with Crippen LogP contribution in [0.2, 0.25) is 5.02 Å². The molecule has 2 rings (SSSR count). The van der Waals surface area contributed by atoms with Crippen LogP contribution in [-0.2, 0) is 10.0 Å². The van der Waals surface area contributed by atoms with Crippen molar-refractivity contribution in [3.05, 3.63) is 45.8 Å². The van der Waals surface area contributed by atoms with E-state index in [1.54, 1.807) is 6.07 Å². The summed E-state index contributed by atoms with van der Waals surface area (Å²) in [6.07, 6.45) is 0. The summed E-state index contributed by atoms with van der Waals surface area (Å²) >= 11 is 6.53. The predicted octanol–water partition coefficient (Wildman–Crippen LogP) is 2.77. The molecule has 1 heterocycles. The molecule has 108 valence electrons. The molecule has 1 aromatic heterocycles. The molecule has 6 nitrogen and oxygen atoms in total. The lowest BCUT2D eigenvalue weighted by Gasteiger charge is -2.07. The summed E-state index contributed by atoms with van der Waals surface area (Å²) in [4.78, 5) is 10.5. The van der Waals surface area contributed by atoms with E-state index in [4.69, 9.17) is 22.0 Å². The van der Waals surface area contributed by atoms with Crippen LogP contribution in [0.5, 0.6) is 0 Å². The Bertz CT molecular complexity index is 852. The van der Waals surface area contributed by atoms with Gasteiger partial charge in [-0.05, 0) is 30.3 Å². The summed E-state index contributed by atoms with van der Waals surface area (Å²) in [7, 11) is -4.03. The van der Waals surface area contributed by atoms with Gasteiger partial charge in [-0.25, -0.2) is 13.2 Å². The van der Waals surface area contributed by atoms with Gasteiger partial charge >= 0.3 is 5.97 Å². The Labute approximate surface area is 129 Å². The van der Waals surface area contributed by atoms with Crippen LogP contribution >= 0.6 is 22.9 Å². The molecule has 0 saturated carbocycles. The topological polar surface area (TPSA) is 107 Å². The molecule has 0 amide bonds. The highest BCUT2D eigenvalue weighted by atomic mass is 35.5. The average Bonchev–Trinajstić information content (AvgIpc) is 2.86. The van der Waals surface area contributed by atoms with Gasteiger partial charge in [-0.2, -0.15) is 5.26 Å². The number of hydrogen-bond acceptors (Lipinski definition) is 5. The van der Waals surface area contributed by atoms with E-state index in [9.17, 15) is 13.2 Å². The molecule has 0 saturated heterocycles. The lowest BCUT2D eigenvalue weighted by atomic mass is 10.2. The number of carbonyl (C=O) groups is 1. The van der Waals surface area contributed by atoms with E-state index in [-0.39, 0.29) is 25.4 Å². The number of hydrogen-bond donors (Lipinski definition) is 2. The first-order valence-corrected chi connectivity index (χ1v) is 8.07. The fourth-order valence-corrected chi connectivity index (χ4v) is 3.96. The smallest absolute Gasteiger partial charge is 0.345 e. The third-order valence-electron chi connectivity index (χ3n) is 2.41. The van der Waals surface area contributed by atoms with Crippen molar-refractivity contribution in [1.29, 1.82) is 5.26 Å². The second-order valence-corrected chi connectivity index (χ2v) is 7.00. The van der Waals surface area contributed by atoms with E-state index < -0.39 is 16.0 Å². The fourth-order valence-electron chi connectivity index (χ4n) is 1.51. The molecule has 0 unspecified atom stereocenters. The van der Waals surface area contributed by atoms with Crippen molar-refractivity contribution in [3.63, 3.8) is 0 Å². The summed E-state index contributed by atoms with van der Waals surface area (Å²) in [6, 6.07) is 8.26. The van der Waals surface area contributed by atoms with Crippen LogP contribution in [0.15, 0.2) is 35.2 Å². The van der Waals surface area contributed by atoms with E-state index in [1.165, 1.54) is 24.3 Å². The minimum Gasteiger partial charge on any atom is -0.477 e. The molecule has 1 aromatic carbocycles. The van der Waals surface area contributed by atoms with Crippen LogP contribution < -0.4 is 4.72 Å². The zero-order valence-electron chi connectivity index (χ0n) is 10.2. The summed E-state index contributed by atoms with van der Waals surface area (Å²) in [5.41, 5.74) is -0.0538. The summed E-state index contributed by atoms with van der Waals surface area (Å²) in [5.74, 6) is -1.15. The summed E-state index contributed by atoms with van der Waals surface area (Å²) < 4.78 is 26.7. The molecule has 0 aliphatic heterocycles. The lowest BCUT2D eigenvalue weighted by molar-refractivity contribution is 0.0702. The highest BCUT2D eigenvalue weighted by molar-refractivity contribution is 7.93. The van der Waals surface area contributed by atoms with Crippen LogP contribution in [0.1, 0.15) is 15.2 Å². The molecule has 0 bridgehead atoms. The van der Waals surface area contributed by atoms with Gasteiger partial charge in [0.2, 0.25) is 0 Å². The molecule has 9 heteroatoms. The second kappa shape index (κ2) is 5.73. The molecule has 0 aliphatic rings. The van der Waals surface area contributed by atoms with Gasteiger partial charge in [0.1, 0.15) is 20.8 Å². The third kappa shape index (κ3) is 3.33. The van der Waals surface area contributed by atoms with Gasteiger partial charge in [0.05, 0.1) is 5.56 Å². The molecule has 2 aromatic rings. The van der Waals surface area contributed by atoms with Gasteiger partial charge in [-0.15, -0.1) is 11.3 Å². The number of anilines is 1. The average molecular weight is 343 g/mol. The normalized spacial score (nSPS) is 10.9. The van der Waals surface area contributed by atoms with Crippen LogP contribution in [0.4, 0.5) is 5.00 Å². The van der Waals surface area contributed by atoms with E-state index in [2.05, 4.69) is 4.72 Å². The highest BCUT2D eigenvalue weighted by Gasteiger charge is 2.20. The molecular weight excluding hydrogens is 336 g/mol. The molecule has 0 aliphatic carbocycles. The maximum absolute atomic E-state index is 12.3. The Morgan fingerprint density at radius 3 is 2.62 bits per heavy atom. The Morgan fingerprint density at radius 2 is 2.05 bits per heavy atom. The maximum Gasteiger partial charge on any atom is 0.345 e. The van der Waals surface area contributed by atoms with Gasteiger partial charge in [0.15, 0.2) is 0 Å². The molecule has 0 radical (unpaired) electrons. The van der Waals surface area contributed by atoms with Crippen molar-refractivity contribution in [2.75, 3.05) is 4.72 Å². The summed E-state index contributed by atoms with van der Waals surface area (Å²) in [5, 5.41) is 18.1. The number of sulfonamides is 1. The Morgan fingerprint density at radius 1 is 1.33 bits per heavy atom. The molecule has 2 N–H and O–H groups in total. The number of nitrogens with zero attached hydrogens (tertiary/aromatic N) is 1. The predicted molar refractivity (Wildman–Crippen MR) is 78.3 cm³/mol. The van der Waals surface area contributed by atoms with Crippen LogP contribution in [-0.4, -0.2) is 19.5 Å². The number of carboxylic acid groups (broad SMARTS) is 1. The summed E-state index contributed by atoms with van der Waals surface area (Å²) in [6.45, 7) is 0. The number of halogens is 1. The molecule has 21 heavy (non-hydrogen) atoms. The van der Waals surface area contributed by atoms with Crippen molar-refractivity contribution >= 4 is 43.9 Å². The first kappa shape index (κ1) is 15.3. The Balaban J connectivity index is 2.41. The fraction of sp³-hybridized carbons (Fsp3) is 0. The van der Waals surface area contributed by atoms with Crippen molar-refractivity contribution in [2.45, 2.75) is 4.90 Å². The van der Waals surface area contributed by atoms with Crippen molar-refractivity contribution in [2.24, 2.45) is 0 Å². The van der Waals surface area contributed by atoms with Gasteiger partial charge in [-0.1, -0.05) is 11.6 Å². The van der Waals surface area contributed by atoms with Gasteiger partial charge in [0.25, 0.3) is 10.0 Å². The number of rotatable bonds is 4. The van der Waals surface area contributed by atoms with Gasteiger partial charge < -0.3 is 5.11 Å². The number of benzene rings is 1. The molecular formula is C12H7ClN2O4S2. The van der Waals surface area contributed by atoms with Crippen molar-refractivity contribution in [3.8, 4) is 6.07 Å². The standard InChI is InChI=1S/C12H7ClN2O4S2/c13-8-2-1-7(6-14)10(5-8)21(18,19)15-11-4-3-9(20-11)12(16)17/h1-5,15H,(H,16,17). The lowest BCUT2D eigenvalue weighted by Crippen LogP contribution is -2.13. The third-order valence-corrected chi connectivity index (χ3v) is 5.16. The van der Waals surface area contributed by atoms with Crippen LogP contribution in [0.25, 0.3) is 0 Å². The number of nitriles is 1. The second-order valence-electron chi connectivity index (χ2n) is 3.83. The van der Waals surface area contributed by atoms with E-state index >= 15 is 0 Å². The molecule has 0 atom stereocenters. The Hall–Kier alpha value is -2.08. The SMILES string of the molecule is N#Cc1ccc(Cl)cc1S(=O)(=O)Nc1ccc(C(=O)O)s1. The minimum atomic E-state index is -4.03. The molecule has 0 spiro atoms. The number of thiophene rings is 1. The van der Waals surface area contributed by atoms with Gasteiger partial charge in [-0.3, -0.25) is 4.72 Å². The first-order chi connectivity index (χ1) is 9.83. The van der Waals surface area contributed by atoms with Crippen LogP contribution in [0.3, 0.4) is 0 Å². The maximum atomic E-state index is 12.3. The number of nitrogens with one attached hydrogen (secondary N) is 1. The monoisotopic (exact) mass is 342 g/mol. The van der Waals surface area contributed by atoms with Crippen LogP contribution in [0, 0.1) is 11.3 Å². The van der Waals surface area contributed by atoms with E-state index in [0.717, 1.165) is 17.4 Å². The minimum absolute atomic E-state index is 0.000647. The Kier molecular flexibility index (Phi) is 4.18. The zero-order chi connectivity index (χ0) is 15.6. The number of carboxylic acids is 1. The van der Waals surface area contributed by atoms with Gasteiger partial charge in [0, 0.05) is 5.02 Å². The largest absolute Gasteiger partial charge is 0.477 e. The molecule has 0 fully saturated rings. The van der Waals surface area contributed by atoms with E-state index in [1.807, 2.05) is 0 Å². The van der Waals surface area contributed by atoms with Crippen molar-refractivity contribution in [1.82, 2.24) is 0 Å². The van der Waals surface area contributed by atoms with E-state index in [0.29, 0.717) is 0 Å². The van der Waals surface area contributed by atoms with Crippen molar-refractivity contribution < 1.29 is 18.3 Å². The first-order valence-electron chi connectivity index (χ1n) is 5.39. The number of aromatic carboxylic acids is 1. The zero-order valence-corrected chi connectivity index (χ0v) is 12.6.